The largest absolute Gasteiger partial charge is 0.395 e. The predicted octanol–water partition coefficient (Wildman–Crippen LogP) is 1.14. The fraction of sp³-hybridized carbons (Fsp3) is 0.188. The minimum atomic E-state index is -0.284. The van der Waals surface area contributed by atoms with Gasteiger partial charge >= 0.3 is 0 Å². The van der Waals surface area contributed by atoms with Gasteiger partial charge in [0.1, 0.15) is 5.69 Å². The molecule has 0 aliphatic heterocycles. The standard InChI is InChI=1S/C16H15N3O2/c20-10-2-1-6-14-7-4-9-18-15(14)16(21)19-12-13-5-3-8-17-11-13/h3-5,7-9,11,20H,2,10,12H2,(H,19,21). The van der Waals surface area contributed by atoms with Gasteiger partial charge in [0, 0.05) is 31.6 Å². The minimum absolute atomic E-state index is 0.00417. The second-order valence-corrected chi connectivity index (χ2v) is 4.22. The summed E-state index contributed by atoms with van der Waals surface area (Å²) in [5, 5.41) is 11.5. The highest BCUT2D eigenvalue weighted by molar-refractivity contribution is 5.94. The number of pyridine rings is 2. The van der Waals surface area contributed by atoms with Crippen LogP contribution in [0.25, 0.3) is 0 Å². The van der Waals surface area contributed by atoms with Crippen LogP contribution in [0.1, 0.15) is 28.0 Å². The van der Waals surface area contributed by atoms with Crippen molar-refractivity contribution in [1.82, 2.24) is 15.3 Å². The van der Waals surface area contributed by atoms with Gasteiger partial charge in [-0.15, -0.1) is 0 Å². The van der Waals surface area contributed by atoms with Gasteiger partial charge in [0.25, 0.3) is 5.91 Å². The lowest BCUT2D eigenvalue weighted by Crippen LogP contribution is -2.24. The van der Waals surface area contributed by atoms with Gasteiger partial charge < -0.3 is 10.4 Å². The van der Waals surface area contributed by atoms with Crippen molar-refractivity contribution in [3.8, 4) is 11.8 Å². The van der Waals surface area contributed by atoms with Gasteiger partial charge in [-0.1, -0.05) is 17.9 Å². The summed E-state index contributed by atoms with van der Waals surface area (Å²) in [4.78, 5) is 20.2. The van der Waals surface area contributed by atoms with E-state index in [9.17, 15) is 4.79 Å². The molecule has 0 bridgehead atoms. The van der Waals surface area contributed by atoms with E-state index in [-0.39, 0.29) is 18.2 Å². The van der Waals surface area contributed by atoms with Crippen molar-refractivity contribution < 1.29 is 9.90 Å². The first-order chi connectivity index (χ1) is 10.3. The molecule has 2 rings (SSSR count). The van der Waals surface area contributed by atoms with E-state index in [0.717, 1.165) is 5.56 Å². The number of nitrogens with zero attached hydrogens (tertiary/aromatic N) is 2. The van der Waals surface area contributed by atoms with Crippen LogP contribution in [0, 0.1) is 11.8 Å². The van der Waals surface area contributed by atoms with Crippen LogP contribution < -0.4 is 5.32 Å². The zero-order valence-electron chi connectivity index (χ0n) is 11.4. The Bertz CT molecular complexity index is 660. The summed E-state index contributed by atoms with van der Waals surface area (Å²) in [6, 6.07) is 7.15. The number of carbonyl (C=O) groups excluding carboxylic acids is 1. The summed E-state index contributed by atoms with van der Waals surface area (Å²) in [6.07, 6.45) is 5.29. The van der Waals surface area contributed by atoms with E-state index in [1.807, 2.05) is 12.1 Å². The van der Waals surface area contributed by atoms with Gasteiger partial charge in [0.15, 0.2) is 0 Å². The van der Waals surface area contributed by atoms with Gasteiger partial charge in [-0.25, -0.2) is 4.98 Å². The quantitative estimate of drug-likeness (QED) is 0.824. The Morgan fingerprint density at radius 2 is 2.14 bits per heavy atom. The molecule has 0 radical (unpaired) electrons. The van der Waals surface area contributed by atoms with E-state index in [1.165, 1.54) is 0 Å². The molecule has 2 aromatic heterocycles. The van der Waals surface area contributed by atoms with Crippen LogP contribution >= 0.6 is 0 Å². The molecule has 0 spiro atoms. The number of hydrogen-bond donors (Lipinski definition) is 2. The number of aliphatic hydroxyl groups excluding tert-OH is 1. The molecule has 2 heterocycles. The Balaban J connectivity index is 2.07. The van der Waals surface area contributed by atoms with Crippen molar-refractivity contribution in [2.75, 3.05) is 6.61 Å². The lowest BCUT2D eigenvalue weighted by molar-refractivity contribution is 0.0945. The number of aromatic nitrogens is 2. The molecule has 0 saturated heterocycles. The number of hydrogen-bond acceptors (Lipinski definition) is 4. The van der Waals surface area contributed by atoms with Crippen LogP contribution in [0.5, 0.6) is 0 Å². The zero-order valence-corrected chi connectivity index (χ0v) is 11.4. The summed E-state index contributed by atoms with van der Waals surface area (Å²) in [7, 11) is 0. The maximum atomic E-state index is 12.2. The monoisotopic (exact) mass is 281 g/mol. The fourth-order valence-electron chi connectivity index (χ4n) is 1.67. The Hall–Kier alpha value is -2.71. The van der Waals surface area contributed by atoms with Gasteiger partial charge in [0.05, 0.1) is 12.2 Å². The lowest BCUT2D eigenvalue weighted by atomic mass is 10.1. The highest BCUT2D eigenvalue weighted by atomic mass is 16.2. The average molecular weight is 281 g/mol. The summed E-state index contributed by atoms with van der Waals surface area (Å²) < 4.78 is 0. The molecule has 21 heavy (non-hydrogen) atoms. The summed E-state index contributed by atoms with van der Waals surface area (Å²) in [5.41, 5.74) is 1.75. The molecule has 0 atom stereocenters. The highest BCUT2D eigenvalue weighted by Gasteiger charge is 2.10. The summed E-state index contributed by atoms with van der Waals surface area (Å²) in [5.74, 6) is 5.35. The average Bonchev–Trinajstić information content (AvgIpc) is 2.54. The first-order valence-electron chi connectivity index (χ1n) is 6.53. The fourth-order valence-corrected chi connectivity index (χ4v) is 1.67. The molecule has 5 heteroatoms. The molecule has 5 nitrogen and oxygen atoms in total. The van der Waals surface area contributed by atoms with E-state index >= 15 is 0 Å². The Labute approximate surface area is 123 Å². The third kappa shape index (κ3) is 4.41. The second kappa shape index (κ2) is 7.78. The number of aliphatic hydroxyl groups is 1. The summed E-state index contributed by atoms with van der Waals surface area (Å²) >= 11 is 0. The number of amides is 1. The number of nitrogens with one attached hydrogen (secondary N) is 1. The lowest BCUT2D eigenvalue weighted by Gasteiger charge is -2.05. The molecular formula is C16H15N3O2. The van der Waals surface area contributed by atoms with Gasteiger partial charge in [-0.05, 0) is 23.8 Å². The van der Waals surface area contributed by atoms with Gasteiger partial charge in [0.2, 0.25) is 0 Å². The minimum Gasteiger partial charge on any atom is -0.395 e. The molecule has 1 amide bonds. The van der Waals surface area contributed by atoms with Crippen LogP contribution in [0.2, 0.25) is 0 Å². The van der Waals surface area contributed by atoms with Crippen LogP contribution in [-0.2, 0) is 6.54 Å². The Morgan fingerprint density at radius 1 is 1.29 bits per heavy atom. The molecule has 0 fully saturated rings. The van der Waals surface area contributed by atoms with Gasteiger partial charge in [-0.2, -0.15) is 0 Å². The van der Waals surface area contributed by atoms with E-state index in [2.05, 4.69) is 27.1 Å². The molecule has 2 N–H and O–H groups in total. The van der Waals surface area contributed by atoms with Crippen LogP contribution in [0.15, 0.2) is 42.9 Å². The van der Waals surface area contributed by atoms with Crippen molar-refractivity contribution in [2.45, 2.75) is 13.0 Å². The topological polar surface area (TPSA) is 75.1 Å². The van der Waals surface area contributed by atoms with E-state index < -0.39 is 0 Å². The van der Waals surface area contributed by atoms with E-state index in [1.54, 1.807) is 30.7 Å². The number of rotatable bonds is 4. The van der Waals surface area contributed by atoms with Crippen LogP contribution in [0.3, 0.4) is 0 Å². The number of carbonyl (C=O) groups is 1. The van der Waals surface area contributed by atoms with Crippen molar-refractivity contribution in [2.24, 2.45) is 0 Å². The molecule has 0 aliphatic rings. The normalized spacial score (nSPS) is 9.57. The Morgan fingerprint density at radius 3 is 2.90 bits per heavy atom. The van der Waals surface area contributed by atoms with Crippen LogP contribution in [-0.4, -0.2) is 27.6 Å². The first-order valence-corrected chi connectivity index (χ1v) is 6.53. The molecule has 0 aromatic carbocycles. The van der Waals surface area contributed by atoms with Gasteiger partial charge in [-0.3, -0.25) is 9.78 Å². The molecule has 2 aromatic rings. The SMILES string of the molecule is O=C(NCc1cccnc1)c1ncccc1C#CCCO. The van der Waals surface area contributed by atoms with Crippen molar-refractivity contribution in [3.05, 3.63) is 59.7 Å². The predicted molar refractivity (Wildman–Crippen MR) is 78.2 cm³/mol. The maximum absolute atomic E-state index is 12.2. The second-order valence-electron chi connectivity index (χ2n) is 4.22. The molecule has 0 aliphatic carbocycles. The van der Waals surface area contributed by atoms with Crippen molar-refractivity contribution in [1.29, 1.82) is 0 Å². The molecule has 0 unspecified atom stereocenters. The Kier molecular flexibility index (Phi) is 5.44. The third-order valence-electron chi connectivity index (χ3n) is 2.66. The molecular weight excluding hydrogens is 266 g/mol. The van der Waals surface area contributed by atoms with Crippen molar-refractivity contribution in [3.63, 3.8) is 0 Å². The van der Waals surface area contributed by atoms with E-state index in [0.29, 0.717) is 18.5 Å². The first kappa shape index (κ1) is 14.7. The highest BCUT2D eigenvalue weighted by Crippen LogP contribution is 2.04. The molecule has 0 saturated carbocycles. The third-order valence-corrected chi connectivity index (χ3v) is 2.66. The summed E-state index contributed by atoms with van der Waals surface area (Å²) in [6.45, 7) is 0.378. The maximum Gasteiger partial charge on any atom is 0.271 e. The smallest absolute Gasteiger partial charge is 0.271 e. The van der Waals surface area contributed by atoms with Crippen LogP contribution in [0.4, 0.5) is 0 Å². The molecule has 106 valence electrons. The van der Waals surface area contributed by atoms with Crippen molar-refractivity contribution >= 4 is 5.91 Å². The van der Waals surface area contributed by atoms with E-state index in [4.69, 9.17) is 5.11 Å². The zero-order chi connectivity index (χ0) is 14.9.